The summed E-state index contributed by atoms with van der Waals surface area (Å²) in [6.07, 6.45) is 0.930. The van der Waals surface area contributed by atoms with Crippen LogP contribution in [0.5, 0.6) is 0 Å². The van der Waals surface area contributed by atoms with Gasteiger partial charge >= 0.3 is 0 Å². The van der Waals surface area contributed by atoms with Gasteiger partial charge in [-0.3, -0.25) is 4.99 Å². The summed E-state index contributed by atoms with van der Waals surface area (Å²) in [5.41, 5.74) is 5.99. The Morgan fingerprint density at radius 2 is 1.65 bits per heavy atom. The van der Waals surface area contributed by atoms with Gasteiger partial charge in [0.05, 0.1) is 6.54 Å². The van der Waals surface area contributed by atoms with Gasteiger partial charge in [-0.2, -0.15) is 0 Å². The summed E-state index contributed by atoms with van der Waals surface area (Å²) in [4.78, 5) is 4.68. The van der Waals surface area contributed by atoms with Crippen molar-refractivity contribution in [1.29, 1.82) is 0 Å². The van der Waals surface area contributed by atoms with Gasteiger partial charge in [-0.1, -0.05) is 60.7 Å². The highest BCUT2D eigenvalue weighted by Gasteiger charge is 2.00. The second-order valence-electron chi connectivity index (χ2n) is 5.22. The van der Waals surface area contributed by atoms with Crippen molar-refractivity contribution in [2.24, 2.45) is 4.99 Å². The molecule has 2 rings (SSSR count). The normalized spacial score (nSPS) is 11.4. The third-order valence-electron chi connectivity index (χ3n) is 3.19. The molecule has 0 aromatic heterocycles. The van der Waals surface area contributed by atoms with Gasteiger partial charge in [0, 0.05) is 5.71 Å². The molecule has 0 heterocycles. The van der Waals surface area contributed by atoms with Gasteiger partial charge in [0.25, 0.3) is 0 Å². The van der Waals surface area contributed by atoms with E-state index in [0.29, 0.717) is 0 Å². The van der Waals surface area contributed by atoms with Gasteiger partial charge in [0.15, 0.2) is 0 Å². The van der Waals surface area contributed by atoms with Crippen molar-refractivity contribution >= 4 is 5.71 Å². The molecule has 0 radical (unpaired) electrons. The third-order valence-corrected chi connectivity index (χ3v) is 3.19. The Kier molecular flexibility index (Phi) is 4.89. The quantitative estimate of drug-likeness (QED) is 0.542. The van der Waals surface area contributed by atoms with Crippen molar-refractivity contribution in [3.63, 3.8) is 0 Å². The molecule has 0 aliphatic heterocycles. The molecule has 0 spiro atoms. The summed E-state index contributed by atoms with van der Waals surface area (Å²) in [6, 6.07) is 18.9. The smallest absolute Gasteiger partial charge is 0.0643 e. The van der Waals surface area contributed by atoms with Crippen LogP contribution in [-0.2, 0) is 13.0 Å². The maximum absolute atomic E-state index is 4.68. The number of hydrogen-bond donors (Lipinski definition) is 0. The first-order valence-electron chi connectivity index (χ1n) is 6.94. The summed E-state index contributed by atoms with van der Waals surface area (Å²) in [7, 11) is 0. The van der Waals surface area contributed by atoms with Crippen molar-refractivity contribution in [2.75, 3.05) is 0 Å². The van der Waals surface area contributed by atoms with E-state index in [0.717, 1.165) is 18.7 Å². The number of rotatable bonds is 5. The van der Waals surface area contributed by atoms with Crippen LogP contribution in [0.15, 0.2) is 71.7 Å². The van der Waals surface area contributed by atoms with Crippen LogP contribution in [0, 0.1) is 0 Å². The second kappa shape index (κ2) is 6.85. The van der Waals surface area contributed by atoms with Crippen LogP contribution >= 0.6 is 0 Å². The molecule has 0 unspecified atom stereocenters. The van der Waals surface area contributed by atoms with Crippen LogP contribution in [0.25, 0.3) is 0 Å². The van der Waals surface area contributed by atoms with E-state index in [1.165, 1.54) is 22.3 Å². The molecule has 0 amide bonds. The minimum absolute atomic E-state index is 0.734. The predicted molar refractivity (Wildman–Crippen MR) is 87.3 cm³/mol. The molecule has 0 saturated heterocycles. The van der Waals surface area contributed by atoms with Crippen molar-refractivity contribution < 1.29 is 0 Å². The highest BCUT2D eigenvalue weighted by molar-refractivity contribution is 5.98. The molecule has 0 atom stereocenters. The van der Waals surface area contributed by atoms with E-state index in [4.69, 9.17) is 0 Å². The zero-order chi connectivity index (χ0) is 14.4. The van der Waals surface area contributed by atoms with Crippen molar-refractivity contribution in [2.45, 2.75) is 26.8 Å². The van der Waals surface area contributed by atoms with Gasteiger partial charge in [-0.25, -0.2) is 0 Å². The molecule has 0 aliphatic rings. The number of benzene rings is 2. The SMILES string of the molecule is C=C(C)Cc1cccc(C(C)=NCc2ccccc2)c1. The molecule has 0 aliphatic carbocycles. The van der Waals surface area contributed by atoms with Crippen LogP contribution in [0.1, 0.15) is 30.5 Å². The lowest BCUT2D eigenvalue weighted by Crippen LogP contribution is -1.97. The molecule has 2 aromatic carbocycles. The minimum atomic E-state index is 0.734. The van der Waals surface area contributed by atoms with Crippen molar-refractivity contribution in [3.8, 4) is 0 Å². The van der Waals surface area contributed by atoms with E-state index < -0.39 is 0 Å². The molecule has 0 saturated carbocycles. The minimum Gasteiger partial charge on any atom is -0.285 e. The van der Waals surface area contributed by atoms with E-state index >= 15 is 0 Å². The Balaban J connectivity index is 2.12. The average molecular weight is 263 g/mol. The van der Waals surface area contributed by atoms with Crippen LogP contribution < -0.4 is 0 Å². The first kappa shape index (κ1) is 14.3. The zero-order valence-electron chi connectivity index (χ0n) is 12.3. The number of hydrogen-bond acceptors (Lipinski definition) is 1. The maximum Gasteiger partial charge on any atom is 0.0643 e. The Morgan fingerprint density at radius 1 is 0.950 bits per heavy atom. The van der Waals surface area contributed by atoms with Crippen molar-refractivity contribution in [1.82, 2.24) is 0 Å². The zero-order valence-corrected chi connectivity index (χ0v) is 12.3. The predicted octanol–water partition coefficient (Wildman–Crippen LogP) is 4.81. The third kappa shape index (κ3) is 4.20. The summed E-state index contributed by atoms with van der Waals surface area (Å²) in [5, 5.41) is 0. The molecule has 0 bridgehead atoms. The Labute approximate surface area is 121 Å². The van der Waals surface area contributed by atoms with E-state index in [1.807, 2.05) is 18.2 Å². The standard InChI is InChI=1S/C19H21N/c1-15(2)12-18-10-7-11-19(13-18)16(3)20-14-17-8-5-4-6-9-17/h4-11,13H,1,12,14H2,2-3H3. The lowest BCUT2D eigenvalue weighted by Gasteiger charge is -2.05. The topological polar surface area (TPSA) is 12.4 Å². The van der Waals surface area contributed by atoms with Gasteiger partial charge in [-0.15, -0.1) is 0 Å². The number of nitrogens with zero attached hydrogens (tertiary/aromatic N) is 1. The van der Waals surface area contributed by atoms with Crippen LogP contribution in [0.4, 0.5) is 0 Å². The van der Waals surface area contributed by atoms with E-state index in [1.54, 1.807) is 0 Å². The summed E-state index contributed by atoms with van der Waals surface area (Å²) >= 11 is 0. The molecule has 1 heteroatoms. The molecule has 102 valence electrons. The van der Waals surface area contributed by atoms with Crippen molar-refractivity contribution in [3.05, 3.63) is 83.4 Å². The largest absolute Gasteiger partial charge is 0.285 e. The van der Waals surface area contributed by atoms with Crippen LogP contribution in [-0.4, -0.2) is 5.71 Å². The summed E-state index contributed by atoms with van der Waals surface area (Å²) in [5.74, 6) is 0. The number of aliphatic imine (C=N–C) groups is 1. The fraction of sp³-hybridized carbons (Fsp3) is 0.211. The first-order valence-corrected chi connectivity index (χ1v) is 6.94. The van der Waals surface area contributed by atoms with Gasteiger partial charge in [0.1, 0.15) is 0 Å². The van der Waals surface area contributed by atoms with Crippen LogP contribution in [0.2, 0.25) is 0 Å². The molecular formula is C19H21N. The first-order chi connectivity index (χ1) is 9.65. The van der Waals surface area contributed by atoms with Gasteiger partial charge < -0.3 is 0 Å². The fourth-order valence-electron chi connectivity index (χ4n) is 2.14. The molecular weight excluding hydrogens is 242 g/mol. The highest BCUT2D eigenvalue weighted by Crippen LogP contribution is 2.11. The number of allylic oxidation sites excluding steroid dienone is 1. The molecule has 1 nitrogen and oxygen atoms in total. The van der Waals surface area contributed by atoms with E-state index in [2.05, 4.69) is 61.8 Å². The maximum atomic E-state index is 4.68. The summed E-state index contributed by atoms with van der Waals surface area (Å²) < 4.78 is 0. The average Bonchev–Trinajstić information content (AvgIpc) is 2.45. The lowest BCUT2D eigenvalue weighted by molar-refractivity contribution is 1.06. The summed E-state index contributed by atoms with van der Waals surface area (Å²) in [6.45, 7) is 8.84. The molecule has 0 N–H and O–H groups in total. The van der Waals surface area contributed by atoms with Gasteiger partial charge in [0.2, 0.25) is 0 Å². The molecule has 2 aromatic rings. The monoisotopic (exact) mass is 263 g/mol. The molecule has 0 fully saturated rings. The van der Waals surface area contributed by atoms with E-state index in [9.17, 15) is 0 Å². The second-order valence-corrected chi connectivity index (χ2v) is 5.22. The van der Waals surface area contributed by atoms with Crippen LogP contribution in [0.3, 0.4) is 0 Å². The highest BCUT2D eigenvalue weighted by atomic mass is 14.7. The Morgan fingerprint density at radius 3 is 2.35 bits per heavy atom. The fourth-order valence-corrected chi connectivity index (χ4v) is 2.14. The Bertz CT molecular complexity index is 609. The Hall–Kier alpha value is -2.15. The van der Waals surface area contributed by atoms with Gasteiger partial charge in [-0.05, 0) is 43.0 Å². The van der Waals surface area contributed by atoms with E-state index in [-0.39, 0.29) is 0 Å². The molecule has 20 heavy (non-hydrogen) atoms. The lowest BCUT2D eigenvalue weighted by atomic mass is 10.0.